The van der Waals surface area contributed by atoms with Gasteiger partial charge in [-0.15, -0.1) is 5.56 Å². The maximum atomic E-state index is 12.9. The minimum atomic E-state index is -1.50. The maximum absolute atomic E-state index is 12.9. The van der Waals surface area contributed by atoms with Crippen LogP contribution in [0, 0.1) is 23.5 Å². The summed E-state index contributed by atoms with van der Waals surface area (Å²) in [5.74, 6) is -4.09. The molecule has 0 heterocycles. The van der Waals surface area contributed by atoms with E-state index in [4.69, 9.17) is 4.74 Å². The molecular weight excluding hydrogens is 333 g/mol. The Labute approximate surface area is 135 Å². The number of halogens is 4. The largest absolute Gasteiger partial charge is 2.00 e. The van der Waals surface area contributed by atoms with Gasteiger partial charge < -0.3 is 21.7 Å². The fraction of sp³-hybridized carbons (Fsp3) is 0.0769. The van der Waals surface area contributed by atoms with Gasteiger partial charge in [0, 0.05) is 12.1 Å². The molecule has 19 heavy (non-hydrogen) atoms. The number of hydrogen-bond acceptors (Lipinski definition) is 1. The van der Waals surface area contributed by atoms with Crippen LogP contribution in [0.25, 0.3) is 0 Å². The Bertz CT molecular complexity index is 500. The van der Waals surface area contributed by atoms with Crippen molar-refractivity contribution < 1.29 is 34.9 Å². The summed E-state index contributed by atoms with van der Waals surface area (Å²) < 4.78 is 43.5. The molecule has 0 amide bonds. The van der Waals surface area contributed by atoms with Gasteiger partial charge in [0.15, 0.2) is 17.5 Å². The van der Waals surface area contributed by atoms with Crippen molar-refractivity contribution in [2.24, 2.45) is 0 Å². The Morgan fingerprint density at radius 1 is 1.05 bits per heavy atom. The first-order valence-corrected chi connectivity index (χ1v) is 4.90. The van der Waals surface area contributed by atoms with Crippen molar-refractivity contribution in [3.63, 3.8) is 0 Å². The molecule has 0 saturated carbocycles. The van der Waals surface area contributed by atoms with Crippen LogP contribution in [0.4, 0.5) is 13.2 Å². The first-order valence-electron chi connectivity index (χ1n) is 4.90. The molecular formula is C13H8BrF3MgO. The molecule has 0 radical (unpaired) electrons. The second-order valence-electron chi connectivity index (χ2n) is 3.38. The van der Waals surface area contributed by atoms with E-state index in [-0.39, 0.29) is 52.4 Å². The molecule has 2 aromatic carbocycles. The van der Waals surface area contributed by atoms with Gasteiger partial charge in [0.1, 0.15) is 5.75 Å². The van der Waals surface area contributed by atoms with Crippen LogP contribution >= 0.6 is 0 Å². The van der Waals surface area contributed by atoms with E-state index in [1.165, 1.54) is 0 Å². The SMILES string of the molecule is Fc1cc(OCc2[c-]cccc2)cc(F)c1F.[Br-].[Mg+2]. The van der Waals surface area contributed by atoms with Crippen LogP contribution in [0.3, 0.4) is 0 Å². The zero-order valence-corrected chi connectivity index (χ0v) is 12.8. The summed E-state index contributed by atoms with van der Waals surface area (Å²) in [4.78, 5) is 0. The molecule has 0 aliphatic heterocycles. The monoisotopic (exact) mass is 340 g/mol. The fourth-order valence-electron chi connectivity index (χ4n) is 1.30. The molecule has 96 valence electrons. The molecule has 0 bridgehead atoms. The summed E-state index contributed by atoms with van der Waals surface area (Å²) in [6, 6.07) is 11.6. The van der Waals surface area contributed by atoms with Gasteiger partial charge in [-0.25, -0.2) is 13.2 Å². The van der Waals surface area contributed by atoms with E-state index in [9.17, 15) is 13.2 Å². The zero-order chi connectivity index (χ0) is 12.3. The molecule has 2 rings (SSSR count). The van der Waals surface area contributed by atoms with E-state index in [0.29, 0.717) is 0 Å². The molecule has 0 aliphatic carbocycles. The van der Waals surface area contributed by atoms with E-state index < -0.39 is 17.5 Å². The molecule has 6 heteroatoms. The Kier molecular flexibility index (Phi) is 8.13. The summed E-state index contributed by atoms with van der Waals surface area (Å²) in [6.07, 6.45) is 0. The number of rotatable bonds is 3. The fourth-order valence-corrected chi connectivity index (χ4v) is 1.30. The standard InChI is InChI=1S/C13H8F3O.BrH.Mg/c14-11-6-10(7-12(15)13(11)16)17-8-9-4-2-1-3-5-9;;/h1-4,6-7H,8H2;1H;/q-1;;+2/p-1. The van der Waals surface area contributed by atoms with Gasteiger partial charge >= 0.3 is 23.1 Å². The van der Waals surface area contributed by atoms with Crippen LogP contribution in [0.1, 0.15) is 5.56 Å². The quantitative estimate of drug-likeness (QED) is 0.437. The second-order valence-corrected chi connectivity index (χ2v) is 3.38. The van der Waals surface area contributed by atoms with Gasteiger partial charge in [0.25, 0.3) is 0 Å². The summed E-state index contributed by atoms with van der Waals surface area (Å²) in [6.45, 7) is 0.116. The van der Waals surface area contributed by atoms with Crippen LogP contribution in [0.15, 0.2) is 36.4 Å². The molecule has 0 fully saturated rings. The van der Waals surface area contributed by atoms with Crippen LogP contribution in [-0.4, -0.2) is 23.1 Å². The Morgan fingerprint density at radius 3 is 2.21 bits per heavy atom. The van der Waals surface area contributed by atoms with Gasteiger partial charge in [-0.2, -0.15) is 30.3 Å². The van der Waals surface area contributed by atoms with Gasteiger partial charge in [0.2, 0.25) is 0 Å². The molecule has 0 spiro atoms. The predicted octanol–water partition coefficient (Wildman–Crippen LogP) is 0.106. The molecule has 0 saturated heterocycles. The van der Waals surface area contributed by atoms with Gasteiger partial charge in [-0.1, -0.05) is 0 Å². The van der Waals surface area contributed by atoms with Crippen molar-refractivity contribution in [3.8, 4) is 5.75 Å². The van der Waals surface area contributed by atoms with Crippen molar-refractivity contribution >= 4 is 23.1 Å². The number of benzene rings is 2. The third kappa shape index (κ3) is 5.04. The third-order valence-electron chi connectivity index (χ3n) is 2.13. The van der Waals surface area contributed by atoms with Gasteiger partial charge in [-0.05, 0) is 0 Å². The van der Waals surface area contributed by atoms with Crippen molar-refractivity contribution in [3.05, 3.63) is 65.5 Å². The molecule has 0 N–H and O–H groups in total. The van der Waals surface area contributed by atoms with Crippen LogP contribution < -0.4 is 21.7 Å². The maximum Gasteiger partial charge on any atom is 2.00 e. The van der Waals surface area contributed by atoms with Crippen LogP contribution in [-0.2, 0) is 6.61 Å². The summed E-state index contributed by atoms with van der Waals surface area (Å²) in [5, 5.41) is 0. The molecule has 0 atom stereocenters. The topological polar surface area (TPSA) is 9.23 Å². The minimum absolute atomic E-state index is 0. The zero-order valence-electron chi connectivity index (χ0n) is 9.80. The van der Waals surface area contributed by atoms with Crippen LogP contribution in [0.5, 0.6) is 5.75 Å². The number of hydrogen-bond donors (Lipinski definition) is 0. The average molecular weight is 341 g/mol. The molecule has 0 aromatic heterocycles. The smallest absolute Gasteiger partial charge is 1.00 e. The van der Waals surface area contributed by atoms with E-state index in [1.54, 1.807) is 24.3 Å². The van der Waals surface area contributed by atoms with E-state index >= 15 is 0 Å². The van der Waals surface area contributed by atoms with Crippen molar-refractivity contribution in [1.82, 2.24) is 0 Å². The van der Waals surface area contributed by atoms with E-state index in [2.05, 4.69) is 6.07 Å². The predicted molar refractivity (Wildman–Crippen MR) is 61.7 cm³/mol. The summed E-state index contributed by atoms with van der Waals surface area (Å²) in [5.41, 5.74) is 0.734. The summed E-state index contributed by atoms with van der Waals surface area (Å²) >= 11 is 0. The van der Waals surface area contributed by atoms with E-state index in [0.717, 1.165) is 17.7 Å². The first-order chi connectivity index (χ1) is 8.16. The third-order valence-corrected chi connectivity index (χ3v) is 2.13. The van der Waals surface area contributed by atoms with Crippen LogP contribution in [0.2, 0.25) is 0 Å². The van der Waals surface area contributed by atoms with Gasteiger partial charge in [-0.3, -0.25) is 0 Å². The van der Waals surface area contributed by atoms with Crippen molar-refractivity contribution in [1.29, 1.82) is 0 Å². The Hall–Kier alpha value is -0.724. The minimum Gasteiger partial charge on any atom is -1.00 e. The normalized spacial score (nSPS) is 9.21. The van der Waals surface area contributed by atoms with Crippen molar-refractivity contribution in [2.45, 2.75) is 6.61 Å². The summed E-state index contributed by atoms with van der Waals surface area (Å²) in [7, 11) is 0. The molecule has 1 nitrogen and oxygen atoms in total. The first kappa shape index (κ1) is 18.3. The Balaban J connectivity index is 0.00000162. The molecule has 0 unspecified atom stereocenters. The van der Waals surface area contributed by atoms with E-state index in [1.807, 2.05) is 0 Å². The second kappa shape index (κ2) is 8.45. The van der Waals surface area contributed by atoms with Gasteiger partial charge in [0.05, 0.1) is 6.61 Å². The molecule has 2 aromatic rings. The Morgan fingerprint density at radius 2 is 1.68 bits per heavy atom. The average Bonchev–Trinajstić information content (AvgIpc) is 2.34. The molecule has 0 aliphatic rings. The van der Waals surface area contributed by atoms with Crippen molar-refractivity contribution in [2.75, 3.05) is 0 Å². The number of ether oxygens (including phenoxy) is 1.